The van der Waals surface area contributed by atoms with Gasteiger partial charge in [-0.1, -0.05) is 18.2 Å². The number of para-hydroxylation sites is 1. The molecule has 4 nitrogen and oxygen atoms in total. The van der Waals surface area contributed by atoms with Crippen molar-refractivity contribution in [3.8, 4) is 0 Å². The summed E-state index contributed by atoms with van der Waals surface area (Å²) >= 11 is 0. The Morgan fingerprint density at radius 3 is 3.11 bits per heavy atom. The Morgan fingerprint density at radius 1 is 1.53 bits per heavy atom. The largest absolute Gasteiger partial charge is 0.384 e. The summed E-state index contributed by atoms with van der Waals surface area (Å²) in [6.07, 6.45) is 1.98. The quantitative estimate of drug-likeness (QED) is 0.861. The molecule has 3 N–H and O–H groups in total. The molecule has 1 unspecified atom stereocenters. The maximum Gasteiger partial charge on any atom is 0.224 e. The van der Waals surface area contributed by atoms with Crippen LogP contribution >= 0.6 is 0 Å². The van der Waals surface area contributed by atoms with E-state index in [1.165, 1.54) is 16.8 Å². The average Bonchev–Trinajstić information content (AvgIpc) is 2.97. The van der Waals surface area contributed by atoms with E-state index >= 15 is 0 Å². The van der Waals surface area contributed by atoms with Crippen molar-refractivity contribution in [1.82, 2.24) is 4.90 Å². The number of anilines is 1. The number of nitrogens with one attached hydrogen (secondary N) is 1. The third-order valence-electron chi connectivity index (χ3n) is 4.47. The van der Waals surface area contributed by atoms with Crippen LogP contribution in [0.15, 0.2) is 18.2 Å². The number of nitrogens with two attached hydrogens (primary N) is 1. The Morgan fingerprint density at radius 2 is 2.37 bits per heavy atom. The molecular formula is C15H21N3O. The molecule has 3 rings (SSSR count). The molecule has 0 bridgehead atoms. The van der Waals surface area contributed by atoms with Gasteiger partial charge in [0, 0.05) is 25.3 Å². The Labute approximate surface area is 114 Å². The fourth-order valence-electron chi connectivity index (χ4n) is 3.18. The average molecular weight is 259 g/mol. The second-order valence-corrected chi connectivity index (χ2v) is 6.01. The molecular weight excluding hydrogens is 238 g/mol. The van der Waals surface area contributed by atoms with Crippen molar-refractivity contribution in [3.63, 3.8) is 0 Å². The van der Waals surface area contributed by atoms with Crippen LogP contribution in [0.5, 0.6) is 0 Å². The number of primary amides is 1. The van der Waals surface area contributed by atoms with E-state index in [4.69, 9.17) is 5.73 Å². The zero-order valence-corrected chi connectivity index (χ0v) is 11.4. The normalized spacial score (nSPS) is 26.2. The fourth-order valence-corrected chi connectivity index (χ4v) is 3.18. The number of likely N-dealkylation sites (tertiary alicyclic amines) is 1. The standard InChI is InChI=1S/C15H21N3O/c1-15(14(16)19)6-8-18(10-15)9-12-4-2-3-11-5-7-17-13(11)12/h2-4,17H,5-10H2,1H3,(H2,16,19). The lowest BCUT2D eigenvalue weighted by Gasteiger charge is -2.22. The van der Waals surface area contributed by atoms with E-state index < -0.39 is 0 Å². The Hall–Kier alpha value is -1.55. The summed E-state index contributed by atoms with van der Waals surface area (Å²) < 4.78 is 0. The minimum absolute atomic E-state index is 0.175. The van der Waals surface area contributed by atoms with Gasteiger partial charge in [-0.05, 0) is 37.4 Å². The van der Waals surface area contributed by atoms with Gasteiger partial charge < -0.3 is 11.1 Å². The van der Waals surface area contributed by atoms with Crippen molar-refractivity contribution >= 4 is 11.6 Å². The molecule has 0 saturated carbocycles. The molecule has 0 aliphatic carbocycles. The molecule has 0 spiro atoms. The fraction of sp³-hybridized carbons (Fsp3) is 0.533. The number of rotatable bonds is 3. The van der Waals surface area contributed by atoms with Gasteiger partial charge >= 0.3 is 0 Å². The first-order valence-corrected chi connectivity index (χ1v) is 6.95. The number of carbonyl (C=O) groups excluding carboxylic acids is 1. The van der Waals surface area contributed by atoms with Gasteiger partial charge in [0.25, 0.3) is 0 Å². The van der Waals surface area contributed by atoms with Crippen molar-refractivity contribution in [2.45, 2.75) is 26.3 Å². The zero-order valence-electron chi connectivity index (χ0n) is 11.4. The Kier molecular flexibility index (Phi) is 2.97. The molecule has 1 aromatic rings. The van der Waals surface area contributed by atoms with E-state index in [-0.39, 0.29) is 11.3 Å². The summed E-state index contributed by atoms with van der Waals surface area (Å²) in [6, 6.07) is 6.50. The molecule has 2 aliphatic heterocycles. The molecule has 2 heterocycles. The van der Waals surface area contributed by atoms with E-state index in [1.807, 2.05) is 6.92 Å². The topological polar surface area (TPSA) is 58.4 Å². The predicted octanol–water partition coefficient (Wildman–Crippen LogP) is 1.35. The molecule has 0 radical (unpaired) electrons. The van der Waals surface area contributed by atoms with E-state index in [0.717, 1.165) is 39.0 Å². The van der Waals surface area contributed by atoms with E-state index in [0.29, 0.717) is 0 Å². The van der Waals surface area contributed by atoms with Gasteiger partial charge in [0.2, 0.25) is 5.91 Å². The number of benzene rings is 1. The number of hydrogen-bond acceptors (Lipinski definition) is 3. The van der Waals surface area contributed by atoms with Crippen molar-refractivity contribution in [3.05, 3.63) is 29.3 Å². The Bertz CT molecular complexity index is 514. The molecule has 1 fully saturated rings. The van der Waals surface area contributed by atoms with E-state index in [2.05, 4.69) is 28.4 Å². The lowest BCUT2D eigenvalue weighted by molar-refractivity contribution is -0.126. The molecule has 2 aliphatic rings. The summed E-state index contributed by atoms with van der Waals surface area (Å²) in [4.78, 5) is 13.8. The minimum atomic E-state index is -0.356. The minimum Gasteiger partial charge on any atom is -0.384 e. The number of amides is 1. The van der Waals surface area contributed by atoms with Gasteiger partial charge in [0.15, 0.2) is 0 Å². The van der Waals surface area contributed by atoms with Crippen LogP contribution in [0, 0.1) is 5.41 Å². The number of hydrogen-bond donors (Lipinski definition) is 2. The third kappa shape index (κ3) is 2.21. The van der Waals surface area contributed by atoms with Gasteiger partial charge in [-0.15, -0.1) is 0 Å². The molecule has 1 saturated heterocycles. The monoisotopic (exact) mass is 259 g/mol. The SMILES string of the molecule is CC1(C(N)=O)CCN(Cc2cccc3c2NCC3)C1. The predicted molar refractivity (Wildman–Crippen MR) is 75.8 cm³/mol. The van der Waals surface area contributed by atoms with Crippen molar-refractivity contribution in [1.29, 1.82) is 0 Å². The first-order chi connectivity index (χ1) is 9.08. The van der Waals surface area contributed by atoms with Crippen LogP contribution in [0.2, 0.25) is 0 Å². The molecule has 0 aromatic heterocycles. The van der Waals surface area contributed by atoms with Crippen molar-refractivity contribution in [2.24, 2.45) is 11.1 Å². The number of carbonyl (C=O) groups is 1. The highest BCUT2D eigenvalue weighted by Crippen LogP contribution is 2.33. The van der Waals surface area contributed by atoms with E-state index in [9.17, 15) is 4.79 Å². The van der Waals surface area contributed by atoms with Crippen LogP contribution in [-0.4, -0.2) is 30.4 Å². The summed E-state index contributed by atoms with van der Waals surface area (Å²) in [6.45, 7) is 5.63. The highest BCUT2D eigenvalue weighted by atomic mass is 16.1. The van der Waals surface area contributed by atoms with Gasteiger partial charge in [-0.25, -0.2) is 0 Å². The van der Waals surface area contributed by atoms with Crippen LogP contribution < -0.4 is 11.1 Å². The molecule has 4 heteroatoms. The maximum atomic E-state index is 11.5. The second kappa shape index (κ2) is 4.53. The molecule has 102 valence electrons. The lowest BCUT2D eigenvalue weighted by atomic mass is 9.89. The smallest absolute Gasteiger partial charge is 0.224 e. The highest BCUT2D eigenvalue weighted by Gasteiger charge is 2.38. The molecule has 1 aromatic carbocycles. The molecule has 1 atom stereocenters. The summed E-state index contributed by atoms with van der Waals surface area (Å²) in [5, 5.41) is 3.47. The second-order valence-electron chi connectivity index (χ2n) is 6.01. The molecule has 19 heavy (non-hydrogen) atoms. The van der Waals surface area contributed by atoms with Crippen molar-refractivity contribution in [2.75, 3.05) is 25.0 Å². The van der Waals surface area contributed by atoms with Crippen LogP contribution in [-0.2, 0) is 17.8 Å². The summed E-state index contributed by atoms with van der Waals surface area (Å²) in [7, 11) is 0. The van der Waals surface area contributed by atoms with Gasteiger partial charge in [0.05, 0.1) is 5.41 Å². The van der Waals surface area contributed by atoms with Crippen molar-refractivity contribution < 1.29 is 4.79 Å². The van der Waals surface area contributed by atoms with Crippen LogP contribution in [0.1, 0.15) is 24.5 Å². The number of fused-ring (bicyclic) bond motifs is 1. The highest BCUT2D eigenvalue weighted by molar-refractivity contribution is 5.81. The maximum absolute atomic E-state index is 11.5. The van der Waals surface area contributed by atoms with Crippen LogP contribution in [0.3, 0.4) is 0 Å². The number of nitrogens with zero attached hydrogens (tertiary/aromatic N) is 1. The molecule has 1 amide bonds. The Balaban J connectivity index is 1.74. The van der Waals surface area contributed by atoms with Crippen LogP contribution in [0.4, 0.5) is 5.69 Å². The summed E-state index contributed by atoms with van der Waals surface area (Å²) in [5.74, 6) is -0.175. The lowest BCUT2D eigenvalue weighted by Crippen LogP contribution is -2.36. The van der Waals surface area contributed by atoms with Gasteiger partial charge in [-0.2, -0.15) is 0 Å². The van der Waals surface area contributed by atoms with Gasteiger partial charge in [0.1, 0.15) is 0 Å². The zero-order chi connectivity index (χ0) is 13.5. The van der Waals surface area contributed by atoms with Gasteiger partial charge in [-0.3, -0.25) is 9.69 Å². The first-order valence-electron chi connectivity index (χ1n) is 6.95. The van der Waals surface area contributed by atoms with Crippen LogP contribution in [0.25, 0.3) is 0 Å². The first kappa shape index (κ1) is 12.5. The third-order valence-corrected chi connectivity index (χ3v) is 4.47. The van der Waals surface area contributed by atoms with E-state index in [1.54, 1.807) is 0 Å². The summed E-state index contributed by atoms with van der Waals surface area (Å²) in [5.41, 5.74) is 9.19.